The molecule has 1 aromatic heterocycles. The van der Waals surface area contributed by atoms with Gasteiger partial charge in [0.15, 0.2) is 11.3 Å². The van der Waals surface area contributed by atoms with Crippen molar-refractivity contribution < 1.29 is 41.9 Å². The lowest BCUT2D eigenvalue weighted by atomic mass is 9.95. The molecule has 1 aromatic carbocycles. The number of hydrogen-bond acceptors (Lipinski definition) is 4. The van der Waals surface area contributed by atoms with Gasteiger partial charge < -0.3 is 5.41 Å². The van der Waals surface area contributed by atoms with Crippen molar-refractivity contribution in [2.75, 3.05) is 0 Å². The standard InChI is InChI=1S/C24H21F6N7O/c25-23(26,27)18-10-16(13-6-2-1-3-7-13)33-22(34-18)15(11-31)21(32)35-19(38)12-37-17-9-5-4-8-14(17)20(36-37)24(28,29)30/h1-3,6-7,10-11,31,34H,4-5,8-9,12H2,(H2,32,35,38)/p+2. The molecule has 14 heteroatoms. The van der Waals surface area contributed by atoms with Crippen molar-refractivity contribution in [1.82, 2.24) is 15.1 Å². The molecule has 0 unspecified atom stereocenters. The maximum atomic E-state index is 13.6. The third kappa shape index (κ3) is 5.74. The number of halogens is 6. The molecule has 0 spiro atoms. The second kappa shape index (κ2) is 10.4. The third-order valence-electron chi connectivity index (χ3n) is 6.03. The first-order valence-electron chi connectivity index (χ1n) is 11.5. The molecular formula is C24H23F6N7O+2. The predicted octanol–water partition coefficient (Wildman–Crippen LogP) is 1.43. The average Bonchev–Trinajstić information content (AvgIpc) is 3.23. The number of aromatic nitrogens is 2. The highest BCUT2D eigenvalue weighted by Gasteiger charge is 2.42. The molecule has 6 N–H and O–H groups in total. The molecule has 200 valence electrons. The van der Waals surface area contributed by atoms with E-state index in [9.17, 15) is 31.1 Å². The lowest BCUT2D eigenvalue weighted by Gasteiger charge is -2.16. The van der Waals surface area contributed by atoms with Gasteiger partial charge in [0.05, 0.1) is 5.71 Å². The second-order valence-electron chi connectivity index (χ2n) is 8.65. The Balaban J connectivity index is 1.61. The van der Waals surface area contributed by atoms with Crippen LogP contribution in [0.1, 0.15) is 35.4 Å². The van der Waals surface area contributed by atoms with Crippen LogP contribution in [0.15, 0.2) is 58.5 Å². The van der Waals surface area contributed by atoms with Crippen molar-refractivity contribution in [3.05, 3.63) is 76.0 Å². The molecule has 0 fully saturated rings. The summed E-state index contributed by atoms with van der Waals surface area (Å²) >= 11 is 0. The van der Waals surface area contributed by atoms with Gasteiger partial charge in [-0.05, 0) is 25.7 Å². The summed E-state index contributed by atoms with van der Waals surface area (Å²) in [7, 11) is 0. The number of nitrogens with two attached hydrogens (primary N) is 2. The fraction of sp³-hybridized carbons (Fsp3) is 0.292. The summed E-state index contributed by atoms with van der Waals surface area (Å²) in [5.74, 6) is -1.66. The van der Waals surface area contributed by atoms with Crippen LogP contribution in [0.3, 0.4) is 0 Å². The van der Waals surface area contributed by atoms with E-state index in [2.05, 4.69) is 15.4 Å². The number of nitrogens with zero attached hydrogens (tertiary/aromatic N) is 3. The number of hydrogen-bond donors (Lipinski definition) is 4. The first-order chi connectivity index (χ1) is 17.9. The molecule has 0 saturated carbocycles. The Morgan fingerprint density at radius 1 is 1.11 bits per heavy atom. The quantitative estimate of drug-likeness (QED) is 0.261. The van der Waals surface area contributed by atoms with Crippen molar-refractivity contribution in [1.29, 1.82) is 5.41 Å². The van der Waals surface area contributed by atoms with Gasteiger partial charge in [-0.1, -0.05) is 30.3 Å². The molecule has 8 nitrogen and oxygen atoms in total. The molecule has 1 aliphatic heterocycles. The van der Waals surface area contributed by atoms with Crippen molar-refractivity contribution in [2.45, 2.75) is 44.6 Å². The van der Waals surface area contributed by atoms with E-state index in [0.29, 0.717) is 42.1 Å². The second-order valence-corrected chi connectivity index (χ2v) is 8.65. The lowest BCUT2D eigenvalue weighted by molar-refractivity contribution is -0.580. The van der Waals surface area contributed by atoms with E-state index in [1.54, 1.807) is 30.3 Å². The largest absolute Gasteiger partial charge is 0.467 e. The summed E-state index contributed by atoms with van der Waals surface area (Å²) < 4.78 is 82.1. The summed E-state index contributed by atoms with van der Waals surface area (Å²) in [5.41, 5.74) is -1.66. The molecule has 0 radical (unpaired) electrons. The van der Waals surface area contributed by atoms with Crippen LogP contribution in [0.4, 0.5) is 26.3 Å². The first-order valence-corrected chi connectivity index (χ1v) is 11.5. The Labute approximate surface area is 212 Å². The minimum Gasteiger partial charge on any atom is -0.308 e. The number of benzene rings is 1. The van der Waals surface area contributed by atoms with Gasteiger partial charge in [0, 0.05) is 29.1 Å². The average molecular weight is 539 g/mol. The van der Waals surface area contributed by atoms with Crippen LogP contribution < -0.4 is 16.0 Å². The predicted molar refractivity (Wildman–Crippen MR) is 124 cm³/mol. The van der Waals surface area contributed by atoms with E-state index in [4.69, 9.17) is 10.8 Å². The number of carbonyl (C=O) groups excluding carboxylic acids is 1. The zero-order valence-corrected chi connectivity index (χ0v) is 19.7. The minimum atomic E-state index is -4.73. The van der Waals surface area contributed by atoms with E-state index in [1.165, 1.54) is 0 Å². The molecule has 38 heavy (non-hydrogen) atoms. The van der Waals surface area contributed by atoms with E-state index in [-0.39, 0.29) is 29.1 Å². The normalized spacial score (nSPS) is 17.2. The Morgan fingerprint density at radius 2 is 1.79 bits per heavy atom. The first kappa shape index (κ1) is 27.0. The van der Waals surface area contributed by atoms with Crippen molar-refractivity contribution in [3.8, 4) is 0 Å². The van der Waals surface area contributed by atoms with Gasteiger partial charge in [-0.3, -0.25) is 15.4 Å². The smallest absolute Gasteiger partial charge is 0.308 e. The fourth-order valence-corrected chi connectivity index (χ4v) is 4.30. The third-order valence-corrected chi connectivity index (χ3v) is 6.03. The van der Waals surface area contributed by atoms with Gasteiger partial charge in [0.1, 0.15) is 6.54 Å². The fourth-order valence-electron chi connectivity index (χ4n) is 4.30. The number of alkyl halides is 6. The Hall–Kier alpha value is -4.07. The number of allylic oxidation sites excluding steroid dienone is 2. The minimum absolute atomic E-state index is 0.0308. The topological polar surface area (TPSA) is 125 Å². The zero-order valence-electron chi connectivity index (χ0n) is 19.7. The maximum absolute atomic E-state index is 13.6. The van der Waals surface area contributed by atoms with E-state index in [0.717, 1.165) is 10.8 Å². The van der Waals surface area contributed by atoms with Crippen molar-refractivity contribution in [2.24, 2.45) is 4.99 Å². The van der Waals surface area contributed by atoms with Crippen molar-refractivity contribution in [3.63, 3.8) is 0 Å². The summed E-state index contributed by atoms with van der Waals surface area (Å²) in [6.45, 7) is -0.602. The maximum Gasteiger partial charge on any atom is 0.467 e. The Kier molecular flexibility index (Phi) is 7.35. The zero-order chi connectivity index (χ0) is 27.7. The summed E-state index contributed by atoms with van der Waals surface area (Å²) in [5, 5.41) is 20.2. The highest BCUT2D eigenvalue weighted by atomic mass is 19.4. The van der Waals surface area contributed by atoms with Crippen LogP contribution in [-0.4, -0.2) is 39.6 Å². The van der Waals surface area contributed by atoms with E-state index >= 15 is 0 Å². The molecule has 0 atom stereocenters. The molecule has 1 aliphatic carbocycles. The van der Waals surface area contributed by atoms with Crippen LogP contribution >= 0.6 is 0 Å². The van der Waals surface area contributed by atoms with Crippen LogP contribution in [0, 0.1) is 5.41 Å². The van der Waals surface area contributed by atoms with Gasteiger partial charge >= 0.3 is 18.3 Å². The molecule has 0 saturated heterocycles. The molecule has 1 amide bonds. The summed E-state index contributed by atoms with van der Waals surface area (Å²) in [4.78, 5) is 16.9. The van der Waals surface area contributed by atoms with E-state index in [1.807, 2.05) is 0 Å². The van der Waals surface area contributed by atoms with Crippen LogP contribution in [0.2, 0.25) is 0 Å². The van der Waals surface area contributed by atoms with Gasteiger partial charge in [-0.25, -0.2) is 10.1 Å². The molecule has 2 aromatic rings. The number of aliphatic imine (C=N–C) groups is 1. The number of amidine groups is 1. The highest BCUT2D eigenvalue weighted by molar-refractivity contribution is 6.17. The van der Waals surface area contributed by atoms with Crippen LogP contribution in [0.5, 0.6) is 0 Å². The molecule has 2 aliphatic rings. The van der Waals surface area contributed by atoms with E-state index < -0.39 is 42.0 Å². The molecular weight excluding hydrogens is 516 g/mol. The van der Waals surface area contributed by atoms with Gasteiger partial charge in [-0.15, -0.1) is 0 Å². The SMILES string of the molecule is N=CC(C(=[NH2+])NC(=O)Cn1nc(C(F)(F)F)c2c1CCCC2)=C1N=C(c2ccccc2)C=C(C(F)(F)F)[NH2+]1. The Morgan fingerprint density at radius 3 is 2.42 bits per heavy atom. The molecule has 4 rings (SSSR count). The van der Waals surface area contributed by atoms with Gasteiger partial charge in [0.2, 0.25) is 11.5 Å². The summed E-state index contributed by atoms with van der Waals surface area (Å²) in [6, 6.07) is 8.05. The van der Waals surface area contributed by atoms with Gasteiger partial charge in [-0.2, -0.15) is 36.4 Å². The monoisotopic (exact) mass is 539 g/mol. The van der Waals surface area contributed by atoms with Crippen molar-refractivity contribution >= 4 is 23.7 Å². The van der Waals surface area contributed by atoms with Crippen LogP contribution in [0.25, 0.3) is 0 Å². The number of nitrogens with one attached hydrogen (secondary N) is 2. The number of fused-ring (bicyclic) bond motifs is 1. The number of quaternary nitrogens is 1. The molecule has 2 heterocycles. The Bertz CT molecular complexity index is 1370. The lowest BCUT2D eigenvalue weighted by Crippen LogP contribution is -2.84. The van der Waals surface area contributed by atoms with Gasteiger partial charge in [0.25, 0.3) is 5.84 Å². The highest BCUT2D eigenvalue weighted by Crippen LogP contribution is 2.35. The van der Waals surface area contributed by atoms with Crippen LogP contribution in [-0.2, 0) is 30.4 Å². The number of rotatable bonds is 5. The number of amides is 1. The molecule has 0 bridgehead atoms. The summed E-state index contributed by atoms with van der Waals surface area (Å²) in [6.07, 6.45) is -6.19. The number of carbonyl (C=O) groups is 1.